The van der Waals surface area contributed by atoms with Gasteiger partial charge in [0.2, 0.25) is 0 Å². The number of carbonyl (C=O) groups is 1. The summed E-state index contributed by atoms with van der Waals surface area (Å²) in [5.74, 6) is -0.283. The quantitative estimate of drug-likeness (QED) is 0.898. The van der Waals surface area contributed by atoms with Gasteiger partial charge >= 0.3 is 6.18 Å². The molecular weight excluding hydrogens is 339 g/mol. The number of anilines is 1. The third kappa shape index (κ3) is 3.38. The van der Waals surface area contributed by atoms with E-state index < -0.39 is 23.5 Å². The molecule has 4 nitrogen and oxygen atoms in total. The number of hydrogen-bond acceptors (Lipinski definition) is 4. The first kappa shape index (κ1) is 15.2. The summed E-state index contributed by atoms with van der Waals surface area (Å²) in [4.78, 5) is 20.4. The summed E-state index contributed by atoms with van der Waals surface area (Å²) in [6, 6.07) is 1.76. The second-order valence-electron chi connectivity index (χ2n) is 4.85. The summed E-state index contributed by atoms with van der Waals surface area (Å²) >= 11 is 6.94. The molecule has 9 heteroatoms. The number of pyridine rings is 1. The summed E-state index contributed by atoms with van der Waals surface area (Å²) in [5.41, 5.74) is -1.61. The number of nitrogens with zero attached hydrogens (tertiary/aromatic N) is 2. The van der Waals surface area contributed by atoms with E-state index in [0.29, 0.717) is 17.1 Å². The van der Waals surface area contributed by atoms with Crippen LogP contribution in [0.4, 0.5) is 18.3 Å². The number of hydrogen-bond donors (Lipinski definition) is 1. The molecule has 0 bridgehead atoms. The van der Waals surface area contributed by atoms with Crippen molar-refractivity contribution in [3.05, 3.63) is 39.6 Å². The van der Waals surface area contributed by atoms with Crippen molar-refractivity contribution in [2.24, 2.45) is 0 Å². The molecule has 3 rings (SSSR count). The highest BCUT2D eigenvalue weighted by Crippen LogP contribution is 2.43. The molecule has 1 fully saturated rings. The minimum Gasteiger partial charge on any atom is -0.296 e. The Labute approximate surface area is 132 Å². The summed E-state index contributed by atoms with van der Waals surface area (Å²) in [7, 11) is 0. The normalized spacial score (nSPS) is 14.9. The number of rotatable bonds is 3. The van der Waals surface area contributed by atoms with E-state index in [-0.39, 0.29) is 5.02 Å². The second kappa shape index (κ2) is 5.51. The summed E-state index contributed by atoms with van der Waals surface area (Å²) in [5, 5.41) is 2.58. The molecule has 1 aliphatic carbocycles. The Bertz CT molecular complexity index is 728. The largest absolute Gasteiger partial charge is 0.433 e. The standard InChI is InChI=1S/C13H9ClF3N3OS/c14-7-3-8(19-10(4-7)13(15,16)17)11(21)20-12-18-5-9(22-12)6-1-2-6/h3-6H,1-2H2,(H,18,20,21). The molecule has 0 atom stereocenters. The molecule has 0 aromatic carbocycles. The van der Waals surface area contributed by atoms with Gasteiger partial charge in [0, 0.05) is 16.1 Å². The fraction of sp³-hybridized carbons (Fsp3) is 0.308. The van der Waals surface area contributed by atoms with Crippen molar-refractivity contribution < 1.29 is 18.0 Å². The number of halogens is 4. The number of aromatic nitrogens is 2. The minimum atomic E-state index is -4.67. The second-order valence-corrected chi connectivity index (χ2v) is 6.35. The molecule has 2 aromatic rings. The van der Waals surface area contributed by atoms with E-state index in [0.717, 1.165) is 23.8 Å². The van der Waals surface area contributed by atoms with Crippen molar-refractivity contribution in [1.82, 2.24) is 9.97 Å². The van der Waals surface area contributed by atoms with E-state index in [1.165, 1.54) is 11.3 Å². The molecule has 116 valence electrons. The number of carbonyl (C=O) groups excluding carboxylic acids is 1. The minimum absolute atomic E-state index is 0.203. The highest BCUT2D eigenvalue weighted by atomic mass is 35.5. The van der Waals surface area contributed by atoms with Crippen LogP contribution in [0.2, 0.25) is 5.02 Å². The van der Waals surface area contributed by atoms with Crippen molar-refractivity contribution in [3.63, 3.8) is 0 Å². The monoisotopic (exact) mass is 347 g/mol. The Morgan fingerprint density at radius 1 is 1.36 bits per heavy atom. The lowest BCUT2D eigenvalue weighted by atomic mass is 10.3. The SMILES string of the molecule is O=C(Nc1ncc(C2CC2)s1)c1cc(Cl)cc(C(F)(F)F)n1. The van der Waals surface area contributed by atoms with Crippen LogP contribution < -0.4 is 5.32 Å². The maximum absolute atomic E-state index is 12.7. The van der Waals surface area contributed by atoms with Gasteiger partial charge in [0.25, 0.3) is 5.91 Å². The van der Waals surface area contributed by atoms with E-state index >= 15 is 0 Å². The topological polar surface area (TPSA) is 54.9 Å². The van der Waals surface area contributed by atoms with Crippen LogP contribution in [0.5, 0.6) is 0 Å². The van der Waals surface area contributed by atoms with Crippen molar-refractivity contribution in [1.29, 1.82) is 0 Å². The number of amides is 1. The molecule has 1 N–H and O–H groups in total. The molecule has 2 heterocycles. The molecule has 22 heavy (non-hydrogen) atoms. The predicted molar refractivity (Wildman–Crippen MR) is 76.3 cm³/mol. The Morgan fingerprint density at radius 2 is 2.09 bits per heavy atom. The maximum atomic E-state index is 12.7. The lowest BCUT2D eigenvalue weighted by Gasteiger charge is -2.08. The highest BCUT2D eigenvalue weighted by molar-refractivity contribution is 7.15. The number of thiazole rings is 1. The Balaban J connectivity index is 1.80. The zero-order valence-electron chi connectivity index (χ0n) is 10.9. The fourth-order valence-corrected chi connectivity index (χ4v) is 3.01. The van der Waals surface area contributed by atoms with E-state index in [1.54, 1.807) is 6.20 Å². The zero-order chi connectivity index (χ0) is 15.9. The van der Waals surface area contributed by atoms with Gasteiger partial charge in [0.15, 0.2) is 5.13 Å². The molecule has 1 aliphatic rings. The molecule has 0 aliphatic heterocycles. The first-order chi connectivity index (χ1) is 10.3. The predicted octanol–water partition coefficient (Wildman–Crippen LogP) is 4.34. The van der Waals surface area contributed by atoms with E-state index in [1.807, 2.05) is 0 Å². The van der Waals surface area contributed by atoms with Crippen LogP contribution in [0.3, 0.4) is 0 Å². The average Bonchev–Trinajstić information content (AvgIpc) is 3.18. The molecule has 1 amide bonds. The van der Waals surface area contributed by atoms with E-state index in [2.05, 4.69) is 15.3 Å². The van der Waals surface area contributed by atoms with Gasteiger partial charge in [-0.1, -0.05) is 11.6 Å². The Hall–Kier alpha value is -1.67. The van der Waals surface area contributed by atoms with Gasteiger partial charge in [0.1, 0.15) is 11.4 Å². The van der Waals surface area contributed by atoms with Crippen LogP contribution in [0.15, 0.2) is 18.3 Å². The van der Waals surface area contributed by atoms with Gasteiger partial charge in [0.05, 0.1) is 0 Å². The number of alkyl halides is 3. The lowest BCUT2D eigenvalue weighted by Crippen LogP contribution is -2.17. The van der Waals surface area contributed by atoms with Gasteiger partial charge in [-0.15, -0.1) is 11.3 Å². The van der Waals surface area contributed by atoms with Crippen LogP contribution >= 0.6 is 22.9 Å². The summed E-state index contributed by atoms with van der Waals surface area (Å²) in [6.45, 7) is 0. The summed E-state index contributed by atoms with van der Waals surface area (Å²) < 4.78 is 38.0. The van der Waals surface area contributed by atoms with Crippen LogP contribution in [0.25, 0.3) is 0 Å². The van der Waals surface area contributed by atoms with Gasteiger partial charge in [-0.05, 0) is 30.9 Å². The summed E-state index contributed by atoms with van der Waals surface area (Å²) in [6.07, 6.45) is -0.800. The third-order valence-electron chi connectivity index (χ3n) is 3.04. The Kier molecular flexibility index (Phi) is 3.82. The zero-order valence-corrected chi connectivity index (χ0v) is 12.5. The first-order valence-corrected chi connectivity index (χ1v) is 7.54. The molecule has 2 aromatic heterocycles. The smallest absolute Gasteiger partial charge is 0.296 e. The fourth-order valence-electron chi connectivity index (χ4n) is 1.82. The average molecular weight is 348 g/mol. The van der Waals surface area contributed by atoms with Gasteiger partial charge in [-0.3, -0.25) is 10.1 Å². The Morgan fingerprint density at radius 3 is 2.73 bits per heavy atom. The van der Waals surface area contributed by atoms with Gasteiger partial charge in [-0.2, -0.15) is 13.2 Å². The first-order valence-electron chi connectivity index (χ1n) is 6.35. The van der Waals surface area contributed by atoms with Crippen LogP contribution in [-0.2, 0) is 6.18 Å². The molecule has 0 saturated heterocycles. The molecule has 1 saturated carbocycles. The van der Waals surface area contributed by atoms with E-state index in [4.69, 9.17) is 11.6 Å². The van der Waals surface area contributed by atoms with Crippen molar-refractivity contribution in [3.8, 4) is 0 Å². The molecule has 0 spiro atoms. The third-order valence-corrected chi connectivity index (χ3v) is 4.33. The van der Waals surface area contributed by atoms with Gasteiger partial charge in [-0.25, -0.2) is 9.97 Å². The molecular formula is C13H9ClF3N3OS. The maximum Gasteiger partial charge on any atom is 0.433 e. The van der Waals surface area contributed by atoms with Crippen LogP contribution in [0.1, 0.15) is 39.8 Å². The van der Waals surface area contributed by atoms with Crippen LogP contribution in [0, 0.1) is 0 Å². The molecule has 0 unspecified atom stereocenters. The van der Waals surface area contributed by atoms with E-state index in [9.17, 15) is 18.0 Å². The number of nitrogens with one attached hydrogen (secondary N) is 1. The van der Waals surface area contributed by atoms with Crippen molar-refractivity contribution in [2.75, 3.05) is 5.32 Å². The van der Waals surface area contributed by atoms with Gasteiger partial charge < -0.3 is 0 Å². The van der Waals surface area contributed by atoms with Crippen LogP contribution in [-0.4, -0.2) is 15.9 Å². The van der Waals surface area contributed by atoms with Crippen molar-refractivity contribution >= 4 is 34.0 Å². The lowest BCUT2D eigenvalue weighted by molar-refractivity contribution is -0.141. The highest BCUT2D eigenvalue weighted by Gasteiger charge is 2.34. The van der Waals surface area contributed by atoms with Crippen molar-refractivity contribution in [2.45, 2.75) is 24.9 Å². The molecule has 0 radical (unpaired) electrons.